The van der Waals surface area contributed by atoms with Crippen LogP contribution in [0.3, 0.4) is 0 Å². The maximum absolute atomic E-state index is 12.4. The van der Waals surface area contributed by atoms with Crippen LogP contribution in [0, 0.1) is 0 Å². The first-order valence-corrected chi connectivity index (χ1v) is 9.36. The van der Waals surface area contributed by atoms with Crippen molar-refractivity contribution in [3.63, 3.8) is 0 Å². The Bertz CT molecular complexity index is 692. The molecule has 138 valence electrons. The van der Waals surface area contributed by atoms with Crippen molar-refractivity contribution in [1.82, 2.24) is 15.1 Å². The van der Waals surface area contributed by atoms with Crippen LogP contribution in [-0.4, -0.2) is 55.0 Å². The number of hydrogen-bond donors (Lipinski definition) is 1. The summed E-state index contributed by atoms with van der Waals surface area (Å²) in [5.41, 5.74) is 2.11. The molecule has 4 heteroatoms. The Kier molecular flexibility index (Phi) is 6.07. The van der Waals surface area contributed by atoms with Gasteiger partial charge in [-0.3, -0.25) is 9.69 Å². The van der Waals surface area contributed by atoms with E-state index in [0.29, 0.717) is 6.54 Å². The first-order valence-electron chi connectivity index (χ1n) is 9.36. The molecule has 1 fully saturated rings. The van der Waals surface area contributed by atoms with Crippen LogP contribution in [0.25, 0.3) is 0 Å². The lowest BCUT2D eigenvalue weighted by Crippen LogP contribution is -2.58. The van der Waals surface area contributed by atoms with E-state index in [2.05, 4.69) is 59.5 Å². The van der Waals surface area contributed by atoms with Gasteiger partial charge in [0.25, 0.3) is 5.91 Å². The predicted molar refractivity (Wildman–Crippen MR) is 106 cm³/mol. The average molecular weight is 351 g/mol. The highest BCUT2D eigenvalue weighted by molar-refractivity contribution is 5.94. The maximum atomic E-state index is 12.4. The van der Waals surface area contributed by atoms with Crippen LogP contribution in [0.5, 0.6) is 0 Å². The van der Waals surface area contributed by atoms with E-state index in [-0.39, 0.29) is 11.4 Å². The standard InChI is InChI=1S/C22H29N3O/c1-24(2)22(18-23-21(26)20-11-7-4-8-12-20)13-15-25(16-14-22)17-19-9-5-3-6-10-19/h3-12H,13-18H2,1-2H3,(H,23,26). The van der Waals surface area contributed by atoms with Gasteiger partial charge in [-0.15, -0.1) is 0 Å². The number of benzene rings is 2. The van der Waals surface area contributed by atoms with Gasteiger partial charge < -0.3 is 10.2 Å². The molecule has 1 N–H and O–H groups in total. The largest absolute Gasteiger partial charge is 0.350 e. The topological polar surface area (TPSA) is 35.6 Å². The fraction of sp³-hybridized carbons (Fsp3) is 0.409. The van der Waals surface area contributed by atoms with Gasteiger partial charge in [0.05, 0.1) is 0 Å². The van der Waals surface area contributed by atoms with Crippen molar-refractivity contribution in [2.24, 2.45) is 0 Å². The van der Waals surface area contributed by atoms with Crippen molar-refractivity contribution >= 4 is 5.91 Å². The number of amides is 1. The Labute approximate surface area is 156 Å². The first kappa shape index (κ1) is 18.6. The maximum Gasteiger partial charge on any atom is 0.251 e. The van der Waals surface area contributed by atoms with E-state index in [1.165, 1.54) is 5.56 Å². The molecule has 4 nitrogen and oxygen atoms in total. The lowest BCUT2D eigenvalue weighted by atomic mass is 9.85. The summed E-state index contributed by atoms with van der Waals surface area (Å²) in [6.45, 7) is 3.79. The first-order chi connectivity index (χ1) is 12.6. The van der Waals surface area contributed by atoms with Gasteiger partial charge >= 0.3 is 0 Å². The van der Waals surface area contributed by atoms with Gasteiger partial charge in [-0.25, -0.2) is 0 Å². The Morgan fingerprint density at radius 2 is 1.58 bits per heavy atom. The molecule has 0 unspecified atom stereocenters. The molecule has 3 rings (SSSR count). The number of rotatable bonds is 6. The molecular weight excluding hydrogens is 322 g/mol. The molecule has 0 saturated carbocycles. The molecule has 0 atom stereocenters. The van der Waals surface area contributed by atoms with Crippen LogP contribution in [0.2, 0.25) is 0 Å². The number of carbonyl (C=O) groups is 1. The van der Waals surface area contributed by atoms with Crippen LogP contribution in [0.1, 0.15) is 28.8 Å². The van der Waals surface area contributed by atoms with Crippen molar-refractivity contribution in [3.8, 4) is 0 Å². The summed E-state index contributed by atoms with van der Waals surface area (Å²) in [4.78, 5) is 17.2. The number of nitrogens with zero attached hydrogens (tertiary/aromatic N) is 2. The van der Waals surface area contributed by atoms with Gasteiger partial charge in [-0.1, -0.05) is 48.5 Å². The third-order valence-electron chi connectivity index (χ3n) is 5.60. The van der Waals surface area contributed by atoms with Crippen molar-refractivity contribution in [3.05, 3.63) is 71.8 Å². The molecule has 0 spiro atoms. The zero-order chi connectivity index (χ0) is 18.4. The van der Waals surface area contributed by atoms with Gasteiger partial charge in [-0.2, -0.15) is 0 Å². The smallest absolute Gasteiger partial charge is 0.251 e. The molecular formula is C22H29N3O. The van der Waals surface area contributed by atoms with Crippen molar-refractivity contribution in [2.45, 2.75) is 24.9 Å². The van der Waals surface area contributed by atoms with E-state index in [1.807, 2.05) is 30.3 Å². The van der Waals surface area contributed by atoms with E-state index < -0.39 is 0 Å². The summed E-state index contributed by atoms with van der Waals surface area (Å²) in [6, 6.07) is 20.1. The summed E-state index contributed by atoms with van der Waals surface area (Å²) in [6.07, 6.45) is 2.11. The minimum absolute atomic E-state index is 0.0125. The lowest BCUT2D eigenvalue weighted by Gasteiger charge is -2.46. The Morgan fingerprint density at radius 3 is 2.15 bits per heavy atom. The number of piperidine rings is 1. The van der Waals surface area contributed by atoms with Crippen LogP contribution >= 0.6 is 0 Å². The fourth-order valence-corrected chi connectivity index (χ4v) is 3.69. The third-order valence-corrected chi connectivity index (χ3v) is 5.60. The third kappa shape index (κ3) is 4.51. The summed E-state index contributed by atoms with van der Waals surface area (Å²) in [5.74, 6) is 0.0125. The molecule has 1 aliphatic rings. The number of nitrogens with one attached hydrogen (secondary N) is 1. The van der Waals surface area contributed by atoms with Crippen LogP contribution in [0.4, 0.5) is 0 Å². The fourth-order valence-electron chi connectivity index (χ4n) is 3.69. The van der Waals surface area contributed by atoms with Crippen molar-refractivity contribution < 1.29 is 4.79 Å². The Morgan fingerprint density at radius 1 is 1.00 bits per heavy atom. The highest BCUT2D eigenvalue weighted by atomic mass is 16.1. The van der Waals surface area contributed by atoms with E-state index in [9.17, 15) is 4.79 Å². The average Bonchev–Trinajstić information content (AvgIpc) is 2.68. The molecule has 1 amide bonds. The second kappa shape index (κ2) is 8.47. The van der Waals surface area contributed by atoms with Crippen molar-refractivity contribution in [2.75, 3.05) is 33.7 Å². The summed E-state index contributed by atoms with van der Waals surface area (Å²) < 4.78 is 0. The molecule has 26 heavy (non-hydrogen) atoms. The minimum atomic E-state index is 0.0125. The second-order valence-electron chi connectivity index (χ2n) is 7.43. The van der Waals surface area contributed by atoms with Gasteiger partial charge in [0, 0.05) is 37.3 Å². The van der Waals surface area contributed by atoms with Gasteiger partial charge in [0.2, 0.25) is 0 Å². The SMILES string of the molecule is CN(C)C1(CNC(=O)c2ccccc2)CCN(Cc2ccccc2)CC1. The molecule has 1 saturated heterocycles. The number of likely N-dealkylation sites (N-methyl/N-ethyl adjacent to an activating group) is 1. The minimum Gasteiger partial charge on any atom is -0.350 e. The Balaban J connectivity index is 1.57. The van der Waals surface area contributed by atoms with Crippen LogP contribution in [0.15, 0.2) is 60.7 Å². The van der Waals surface area contributed by atoms with Gasteiger partial charge in [0.1, 0.15) is 0 Å². The zero-order valence-electron chi connectivity index (χ0n) is 15.8. The molecule has 1 heterocycles. The summed E-state index contributed by atoms with van der Waals surface area (Å²) in [7, 11) is 4.25. The summed E-state index contributed by atoms with van der Waals surface area (Å²) in [5, 5.41) is 3.16. The number of likely N-dealkylation sites (tertiary alicyclic amines) is 1. The van der Waals surface area contributed by atoms with Crippen LogP contribution < -0.4 is 5.32 Å². The highest BCUT2D eigenvalue weighted by Crippen LogP contribution is 2.27. The van der Waals surface area contributed by atoms with E-state index >= 15 is 0 Å². The van der Waals surface area contributed by atoms with Gasteiger partial charge in [-0.05, 0) is 44.6 Å². The highest BCUT2D eigenvalue weighted by Gasteiger charge is 2.36. The molecule has 2 aromatic carbocycles. The van der Waals surface area contributed by atoms with E-state index in [4.69, 9.17) is 0 Å². The number of carbonyl (C=O) groups excluding carboxylic acids is 1. The predicted octanol–water partition coefficient (Wildman–Crippen LogP) is 3.01. The molecule has 0 bridgehead atoms. The summed E-state index contributed by atoms with van der Waals surface area (Å²) >= 11 is 0. The molecule has 2 aromatic rings. The Hall–Kier alpha value is -2.17. The molecule has 0 aliphatic carbocycles. The lowest BCUT2D eigenvalue weighted by molar-refractivity contribution is 0.0504. The van der Waals surface area contributed by atoms with Crippen molar-refractivity contribution in [1.29, 1.82) is 0 Å². The molecule has 0 aromatic heterocycles. The van der Waals surface area contributed by atoms with E-state index in [0.717, 1.165) is 38.0 Å². The van der Waals surface area contributed by atoms with Gasteiger partial charge in [0.15, 0.2) is 0 Å². The zero-order valence-corrected chi connectivity index (χ0v) is 15.8. The monoisotopic (exact) mass is 351 g/mol. The number of hydrogen-bond acceptors (Lipinski definition) is 3. The van der Waals surface area contributed by atoms with E-state index in [1.54, 1.807) is 0 Å². The second-order valence-corrected chi connectivity index (χ2v) is 7.43. The molecule has 1 aliphatic heterocycles. The quantitative estimate of drug-likeness (QED) is 0.869. The normalized spacial score (nSPS) is 17.2. The van der Waals surface area contributed by atoms with Crippen LogP contribution in [-0.2, 0) is 6.54 Å². The molecule has 0 radical (unpaired) electrons.